The van der Waals surface area contributed by atoms with Gasteiger partial charge in [-0.2, -0.15) is 0 Å². The lowest BCUT2D eigenvalue weighted by Crippen LogP contribution is -2.43. The third kappa shape index (κ3) is 5.99. The number of piperidine rings is 1. The van der Waals surface area contributed by atoms with Gasteiger partial charge in [-0.1, -0.05) is 22.6 Å². The third-order valence-corrected chi connectivity index (χ3v) is 8.70. The van der Waals surface area contributed by atoms with E-state index in [1.54, 1.807) is 13.0 Å². The Kier molecular flexibility index (Phi) is 7.85. The highest BCUT2D eigenvalue weighted by molar-refractivity contribution is 7.89. The van der Waals surface area contributed by atoms with Gasteiger partial charge in [-0.25, -0.2) is 26.5 Å². The number of nitrogens with one attached hydrogen (secondary N) is 2. The molecule has 0 unspecified atom stereocenters. The van der Waals surface area contributed by atoms with Gasteiger partial charge in [0.2, 0.25) is 15.8 Å². The van der Waals surface area contributed by atoms with Crippen molar-refractivity contribution < 1.29 is 26.5 Å². The second-order valence-corrected chi connectivity index (χ2v) is 11.5. The van der Waals surface area contributed by atoms with Crippen LogP contribution in [0, 0.1) is 18.6 Å². The van der Waals surface area contributed by atoms with E-state index in [1.165, 1.54) is 10.4 Å². The summed E-state index contributed by atoms with van der Waals surface area (Å²) in [4.78, 5) is 16.7. The molecule has 4 N–H and O–H groups in total. The maximum Gasteiger partial charge on any atom is 0.214 e. The number of hydrogen-bond donors (Lipinski definition) is 3. The fourth-order valence-electron chi connectivity index (χ4n) is 3.89. The Hall–Kier alpha value is -3.10. The van der Waals surface area contributed by atoms with E-state index >= 15 is 0 Å². The fourth-order valence-corrected chi connectivity index (χ4v) is 6.33. The molecule has 0 spiro atoms. The van der Waals surface area contributed by atoms with Gasteiger partial charge in [-0.15, -0.1) is 0 Å². The maximum atomic E-state index is 14.0. The van der Waals surface area contributed by atoms with E-state index in [-0.39, 0.29) is 22.5 Å². The van der Waals surface area contributed by atoms with Crippen molar-refractivity contribution in [1.29, 1.82) is 0 Å². The summed E-state index contributed by atoms with van der Waals surface area (Å²) >= 11 is 0.912. The summed E-state index contributed by atoms with van der Waals surface area (Å²) < 4.78 is 59.8. The van der Waals surface area contributed by atoms with Crippen molar-refractivity contribution in [3.63, 3.8) is 0 Å². The molecule has 3 aromatic rings. The van der Waals surface area contributed by atoms with Crippen LogP contribution in [0.1, 0.15) is 40.3 Å². The van der Waals surface area contributed by atoms with Crippen LogP contribution in [-0.4, -0.2) is 60.1 Å². The van der Waals surface area contributed by atoms with Crippen molar-refractivity contribution in [3.05, 3.63) is 52.1 Å². The standard InChI is InChI=1S/C22H26F2N6O4S2/c1-13-12-17(29-34-13)26-8-3-11-36(32,33)30-9-6-14(7-10-30)27-22-28-21(25)20(35-22)19(31)18-15(23)4-2-5-16(18)24/h2,4-5,12,14H,3,6-11,25H2,1H3,(H,26,29)(H,27,28). The van der Waals surface area contributed by atoms with E-state index < -0.39 is 33.0 Å². The highest BCUT2D eigenvalue weighted by Gasteiger charge is 2.29. The van der Waals surface area contributed by atoms with Crippen molar-refractivity contribution in [2.24, 2.45) is 0 Å². The number of carbonyl (C=O) groups excluding carboxylic acids is 1. The number of nitrogen functional groups attached to an aromatic ring is 1. The van der Waals surface area contributed by atoms with Gasteiger partial charge in [-0.3, -0.25) is 4.79 Å². The van der Waals surface area contributed by atoms with Crippen LogP contribution in [0.2, 0.25) is 0 Å². The van der Waals surface area contributed by atoms with Crippen LogP contribution >= 0.6 is 11.3 Å². The number of nitrogens with zero attached hydrogens (tertiary/aromatic N) is 3. The Balaban J connectivity index is 1.28. The van der Waals surface area contributed by atoms with E-state index in [4.69, 9.17) is 10.3 Å². The smallest absolute Gasteiger partial charge is 0.214 e. The number of hydrogen-bond acceptors (Lipinski definition) is 10. The fraction of sp³-hybridized carbons (Fsp3) is 0.409. The molecule has 1 aliphatic rings. The molecule has 14 heteroatoms. The first-order chi connectivity index (χ1) is 17.1. The zero-order chi connectivity index (χ0) is 25.9. The average molecular weight is 541 g/mol. The minimum absolute atomic E-state index is 0.00994. The monoisotopic (exact) mass is 540 g/mol. The molecule has 1 aromatic carbocycles. The molecule has 1 fully saturated rings. The number of sulfonamides is 1. The lowest BCUT2D eigenvalue weighted by Gasteiger charge is -2.31. The Morgan fingerprint density at radius 2 is 1.97 bits per heavy atom. The average Bonchev–Trinajstić information content (AvgIpc) is 3.41. The molecule has 2 aromatic heterocycles. The van der Waals surface area contributed by atoms with Crippen LogP contribution in [0.3, 0.4) is 0 Å². The third-order valence-electron chi connectivity index (χ3n) is 5.74. The normalized spacial score (nSPS) is 15.2. The van der Waals surface area contributed by atoms with Gasteiger partial charge in [0.25, 0.3) is 0 Å². The molecule has 0 saturated carbocycles. The molecule has 1 saturated heterocycles. The minimum atomic E-state index is -3.41. The summed E-state index contributed by atoms with van der Waals surface area (Å²) in [5.41, 5.74) is 5.18. The van der Waals surface area contributed by atoms with Gasteiger partial charge in [0.1, 0.15) is 28.1 Å². The molecule has 0 radical (unpaired) electrons. The number of halogens is 2. The summed E-state index contributed by atoms with van der Waals surface area (Å²) in [5.74, 6) is -1.68. The van der Waals surface area contributed by atoms with Crippen LogP contribution in [0.5, 0.6) is 0 Å². The van der Waals surface area contributed by atoms with Crippen LogP contribution in [0.4, 0.5) is 25.5 Å². The van der Waals surface area contributed by atoms with E-state index in [2.05, 4.69) is 20.8 Å². The van der Waals surface area contributed by atoms with E-state index in [1.807, 2.05) is 0 Å². The zero-order valence-electron chi connectivity index (χ0n) is 19.5. The summed E-state index contributed by atoms with van der Waals surface area (Å²) in [7, 11) is -3.41. The van der Waals surface area contributed by atoms with Crippen molar-refractivity contribution in [2.75, 3.05) is 41.8 Å². The van der Waals surface area contributed by atoms with Crippen molar-refractivity contribution in [2.45, 2.75) is 32.2 Å². The van der Waals surface area contributed by atoms with Gasteiger partial charge >= 0.3 is 0 Å². The molecule has 3 heterocycles. The lowest BCUT2D eigenvalue weighted by atomic mass is 10.1. The van der Waals surface area contributed by atoms with Crippen LogP contribution in [-0.2, 0) is 10.0 Å². The van der Waals surface area contributed by atoms with Crippen LogP contribution in [0.15, 0.2) is 28.8 Å². The first kappa shape index (κ1) is 26.0. The first-order valence-electron chi connectivity index (χ1n) is 11.3. The molecule has 0 aliphatic carbocycles. The largest absolute Gasteiger partial charge is 0.382 e. The number of anilines is 3. The number of benzene rings is 1. The number of aryl methyl sites for hydroxylation is 1. The molecule has 1 aliphatic heterocycles. The van der Waals surface area contributed by atoms with E-state index in [0.29, 0.717) is 55.6 Å². The maximum absolute atomic E-state index is 14.0. The Morgan fingerprint density at radius 1 is 1.28 bits per heavy atom. The second kappa shape index (κ2) is 10.9. The predicted molar refractivity (Wildman–Crippen MR) is 133 cm³/mol. The number of rotatable bonds is 10. The molecular formula is C22H26F2N6O4S2. The van der Waals surface area contributed by atoms with Crippen molar-refractivity contribution in [1.82, 2.24) is 14.4 Å². The molecule has 0 bridgehead atoms. The molecule has 36 heavy (non-hydrogen) atoms. The number of nitrogens with two attached hydrogens (primary N) is 1. The summed E-state index contributed by atoms with van der Waals surface area (Å²) in [5, 5.41) is 10.3. The highest BCUT2D eigenvalue weighted by atomic mass is 32.2. The summed E-state index contributed by atoms with van der Waals surface area (Å²) in [6, 6.07) is 4.82. The molecule has 194 valence electrons. The number of ketones is 1. The van der Waals surface area contributed by atoms with Crippen molar-refractivity contribution in [3.8, 4) is 0 Å². The number of thiazole rings is 1. The van der Waals surface area contributed by atoms with Gasteiger partial charge in [0.05, 0.1) is 11.3 Å². The Bertz CT molecular complexity index is 1320. The Morgan fingerprint density at radius 3 is 2.61 bits per heavy atom. The van der Waals surface area contributed by atoms with Gasteiger partial charge in [0.15, 0.2) is 10.9 Å². The molecule has 10 nitrogen and oxygen atoms in total. The number of carbonyl (C=O) groups is 1. The highest BCUT2D eigenvalue weighted by Crippen LogP contribution is 2.30. The van der Waals surface area contributed by atoms with Gasteiger partial charge in [-0.05, 0) is 38.3 Å². The molecule has 0 atom stereocenters. The minimum Gasteiger partial charge on any atom is -0.382 e. The summed E-state index contributed by atoms with van der Waals surface area (Å²) in [6.07, 6.45) is 1.48. The molecular weight excluding hydrogens is 514 g/mol. The lowest BCUT2D eigenvalue weighted by molar-refractivity contribution is 0.103. The predicted octanol–water partition coefficient (Wildman–Crippen LogP) is 3.24. The van der Waals surface area contributed by atoms with Crippen LogP contribution < -0.4 is 16.4 Å². The Labute approximate surface area is 210 Å². The van der Waals surface area contributed by atoms with E-state index in [9.17, 15) is 22.0 Å². The molecule has 0 amide bonds. The van der Waals surface area contributed by atoms with Gasteiger partial charge < -0.3 is 20.9 Å². The van der Waals surface area contributed by atoms with E-state index in [0.717, 1.165) is 23.5 Å². The topological polar surface area (TPSA) is 143 Å². The molecule has 4 rings (SSSR count). The number of aromatic nitrogens is 2. The zero-order valence-corrected chi connectivity index (χ0v) is 21.1. The summed E-state index contributed by atoms with van der Waals surface area (Å²) in [6.45, 7) is 2.90. The first-order valence-corrected chi connectivity index (χ1v) is 13.7. The van der Waals surface area contributed by atoms with Crippen molar-refractivity contribution >= 4 is 43.9 Å². The quantitative estimate of drug-likeness (QED) is 0.261. The SMILES string of the molecule is Cc1cc(NCCCS(=O)(=O)N2CCC(Nc3nc(N)c(C(=O)c4c(F)cccc4F)s3)CC2)no1. The van der Waals surface area contributed by atoms with Gasteiger partial charge in [0, 0.05) is 31.7 Å². The van der Waals surface area contributed by atoms with Crippen LogP contribution in [0.25, 0.3) is 0 Å². The second-order valence-electron chi connectivity index (χ2n) is 8.40.